The van der Waals surface area contributed by atoms with Crippen LogP contribution in [0.3, 0.4) is 0 Å². The highest BCUT2D eigenvalue weighted by atomic mass is 35.5. The van der Waals surface area contributed by atoms with Gasteiger partial charge in [0.1, 0.15) is 11.9 Å². The fourth-order valence-electron chi connectivity index (χ4n) is 4.01. The smallest absolute Gasteiger partial charge is 0.251 e. The summed E-state index contributed by atoms with van der Waals surface area (Å²) in [6, 6.07) is 3.83. The number of nitrogens with zero attached hydrogens (tertiary/aromatic N) is 3. The molecule has 25 heavy (non-hydrogen) atoms. The van der Waals surface area contributed by atoms with Gasteiger partial charge in [0.05, 0.1) is 17.2 Å². The van der Waals surface area contributed by atoms with Gasteiger partial charge in [-0.15, -0.1) is 0 Å². The molecule has 0 radical (unpaired) electrons. The van der Waals surface area contributed by atoms with Gasteiger partial charge >= 0.3 is 0 Å². The Hall–Kier alpha value is -1.37. The first-order valence-corrected chi connectivity index (χ1v) is 9.44. The van der Waals surface area contributed by atoms with E-state index in [4.69, 9.17) is 21.1 Å². The van der Waals surface area contributed by atoms with Crippen molar-refractivity contribution in [3.05, 3.63) is 23.4 Å². The van der Waals surface area contributed by atoms with E-state index >= 15 is 0 Å². The third-order valence-corrected chi connectivity index (χ3v) is 5.70. The highest BCUT2D eigenvalue weighted by Gasteiger charge is 2.42. The van der Waals surface area contributed by atoms with Gasteiger partial charge < -0.3 is 19.3 Å². The van der Waals surface area contributed by atoms with Gasteiger partial charge in [0.2, 0.25) is 0 Å². The zero-order chi connectivity index (χ0) is 17.3. The molecule has 3 saturated heterocycles. The number of rotatable bonds is 2. The fourth-order valence-corrected chi connectivity index (χ4v) is 4.12. The lowest BCUT2D eigenvalue weighted by molar-refractivity contribution is -0.148. The Morgan fingerprint density at radius 1 is 1.24 bits per heavy atom. The summed E-state index contributed by atoms with van der Waals surface area (Å²) in [6.07, 6.45) is 5.01. The number of anilines is 1. The molecule has 1 aromatic rings. The Morgan fingerprint density at radius 2 is 2.08 bits per heavy atom. The summed E-state index contributed by atoms with van der Waals surface area (Å²) in [5.74, 6) is 1.09. The van der Waals surface area contributed by atoms with E-state index in [0.717, 1.165) is 57.7 Å². The van der Waals surface area contributed by atoms with Crippen LogP contribution < -0.4 is 4.90 Å². The predicted molar refractivity (Wildman–Crippen MR) is 94.9 cm³/mol. The van der Waals surface area contributed by atoms with Gasteiger partial charge in [-0.25, -0.2) is 4.98 Å². The third kappa shape index (κ3) is 3.61. The summed E-state index contributed by atoms with van der Waals surface area (Å²) in [4.78, 5) is 21.2. The number of hydrogen-bond donors (Lipinski definition) is 0. The van der Waals surface area contributed by atoms with Crippen molar-refractivity contribution in [1.29, 1.82) is 0 Å². The Kier molecular flexibility index (Phi) is 4.84. The first-order chi connectivity index (χ1) is 12.2. The molecule has 7 heteroatoms. The van der Waals surface area contributed by atoms with Crippen molar-refractivity contribution in [3.63, 3.8) is 0 Å². The number of piperidine rings is 1. The van der Waals surface area contributed by atoms with Crippen molar-refractivity contribution in [2.45, 2.75) is 37.4 Å². The van der Waals surface area contributed by atoms with Crippen LogP contribution in [-0.2, 0) is 14.3 Å². The molecule has 0 bridgehead atoms. The normalized spacial score (nSPS) is 26.2. The summed E-state index contributed by atoms with van der Waals surface area (Å²) in [6.45, 7) is 4.50. The molecule has 6 nitrogen and oxygen atoms in total. The number of hydrogen-bond acceptors (Lipinski definition) is 5. The molecule has 0 saturated carbocycles. The zero-order valence-corrected chi connectivity index (χ0v) is 15.1. The highest BCUT2D eigenvalue weighted by Crippen LogP contribution is 2.32. The van der Waals surface area contributed by atoms with E-state index in [2.05, 4.69) is 9.88 Å². The van der Waals surface area contributed by atoms with Crippen LogP contribution in [0.2, 0.25) is 5.02 Å². The van der Waals surface area contributed by atoms with E-state index in [9.17, 15) is 4.79 Å². The maximum absolute atomic E-state index is 12.5. The van der Waals surface area contributed by atoms with Gasteiger partial charge in [0, 0.05) is 39.0 Å². The van der Waals surface area contributed by atoms with Crippen LogP contribution in [-0.4, -0.2) is 66.9 Å². The van der Waals surface area contributed by atoms with Crippen LogP contribution in [0.25, 0.3) is 0 Å². The lowest BCUT2D eigenvalue weighted by Crippen LogP contribution is -2.58. The summed E-state index contributed by atoms with van der Waals surface area (Å²) >= 11 is 5.94. The SMILES string of the molecule is O=C(C1CCCO1)N1CCC2(CC1)CN(c1ccc(Cl)cn1)CCO2. The van der Waals surface area contributed by atoms with Crippen LogP contribution >= 0.6 is 11.6 Å². The van der Waals surface area contributed by atoms with Gasteiger partial charge in [-0.2, -0.15) is 0 Å². The number of halogens is 1. The maximum atomic E-state index is 12.5. The highest BCUT2D eigenvalue weighted by molar-refractivity contribution is 6.30. The first-order valence-electron chi connectivity index (χ1n) is 9.06. The molecule has 1 aromatic heterocycles. The predicted octanol–water partition coefficient (Wildman–Crippen LogP) is 2.11. The molecule has 1 atom stereocenters. The lowest BCUT2D eigenvalue weighted by atomic mass is 9.89. The number of carbonyl (C=O) groups is 1. The Bertz CT molecular complexity index is 610. The van der Waals surface area contributed by atoms with Crippen LogP contribution in [0.15, 0.2) is 18.3 Å². The minimum atomic E-state index is -0.226. The molecule has 3 aliphatic heterocycles. The number of morpholine rings is 1. The lowest BCUT2D eigenvalue weighted by Gasteiger charge is -2.47. The molecule has 3 fully saturated rings. The van der Waals surface area contributed by atoms with Gasteiger partial charge in [-0.1, -0.05) is 11.6 Å². The van der Waals surface area contributed by atoms with Crippen molar-refractivity contribution >= 4 is 23.3 Å². The molecule has 0 aliphatic carbocycles. The number of amides is 1. The standard InChI is InChI=1S/C18H24ClN3O3/c19-14-3-4-16(20-12-14)22-9-11-25-18(13-22)5-7-21(8-6-18)17(23)15-2-1-10-24-15/h3-4,12,15H,1-2,5-11,13H2. The van der Waals surface area contributed by atoms with Crippen LogP contribution in [0, 0.1) is 0 Å². The molecule has 0 N–H and O–H groups in total. The topological polar surface area (TPSA) is 54.9 Å². The summed E-state index contributed by atoms with van der Waals surface area (Å²) in [5.41, 5.74) is -0.188. The summed E-state index contributed by atoms with van der Waals surface area (Å²) < 4.78 is 11.7. The average molecular weight is 366 g/mol. The summed E-state index contributed by atoms with van der Waals surface area (Å²) in [7, 11) is 0. The van der Waals surface area contributed by atoms with Crippen molar-refractivity contribution in [2.75, 3.05) is 44.3 Å². The molecule has 0 aromatic carbocycles. The fraction of sp³-hybridized carbons (Fsp3) is 0.667. The molecular formula is C18H24ClN3O3. The van der Waals surface area contributed by atoms with Gasteiger partial charge in [-0.05, 0) is 37.8 Å². The Balaban J connectivity index is 1.38. The van der Waals surface area contributed by atoms with E-state index in [0.29, 0.717) is 18.2 Å². The van der Waals surface area contributed by atoms with Crippen LogP contribution in [0.5, 0.6) is 0 Å². The van der Waals surface area contributed by atoms with Crippen molar-refractivity contribution in [3.8, 4) is 0 Å². The molecule has 136 valence electrons. The van der Waals surface area contributed by atoms with Crippen LogP contribution in [0.4, 0.5) is 5.82 Å². The second-order valence-corrected chi connectivity index (χ2v) is 7.55. The minimum absolute atomic E-state index is 0.152. The second-order valence-electron chi connectivity index (χ2n) is 7.11. The molecule has 4 heterocycles. The second kappa shape index (κ2) is 7.09. The Labute approximate surface area is 153 Å². The monoisotopic (exact) mass is 365 g/mol. The van der Waals surface area contributed by atoms with Gasteiger partial charge in [0.25, 0.3) is 5.91 Å². The molecule has 1 spiro atoms. The summed E-state index contributed by atoms with van der Waals surface area (Å²) in [5, 5.41) is 0.646. The van der Waals surface area contributed by atoms with E-state index < -0.39 is 0 Å². The van der Waals surface area contributed by atoms with E-state index in [1.807, 2.05) is 17.0 Å². The van der Waals surface area contributed by atoms with E-state index in [1.54, 1.807) is 6.20 Å². The molecule has 3 aliphatic rings. The van der Waals surface area contributed by atoms with Gasteiger partial charge in [-0.3, -0.25) is 4.79 Å². The number of aromatic nitrogens is 1. The largest absolute Gasteiger partial charge is 0.371 e. The number of ether oxygens (including phenoxy) is 2. The number of pyridine rings is 1. The van der Waals surface area contributed by atoms with Crippen molar-refractivity contribution in [1.82, 2.24) is 9.88 Å². The maximum Gasteiger partial charge on any atom is 0.251 e. The minimum Gasteiger partial charge on any atom is -0.371 e. The van der Waals surface area contributed by atoms with Crippen molar-refractivity contribution < 1.29 is 14.3 Å². The molecule has 1 unspecified atom stereocenters. The Morgan fingerprint density at radius 3 is 2.76 bits per heavy atom. The number of carbonyl (C=O) groups excluding carboxylic acids is 1. The molecular weight excluding hydrogens is 342 g/mol. The zero-order valence-electron chi connectivity index (χ0n) is 14.3. The van der Waals surface area contributed by atoms with E-state index in [1.165, 1.54) is 0 Å². The quantitative estimate of drug-likeness (QED) is 0.803. The molecule has 4 rings (SSSR count). The average Bonchev–Trinajstić information content (AvgIpc) is 3.17. The first kappa shape index (κ1) is 17.1. The van der Waals surface area contributed by atoms with Crippen LogP contribution in [0.1, 0.15) is 25.7 Å². The van der Waals surface area contributed by atoms with Gasteiger partial charge in [0.15, 0.2) is 0 Å². The molecule has 1 amide bonds. The van der Waals surface area contributed by atoms with E-state index in [-0.39, 0.29) is 17.6 Å². The third-order valence-electron chi connectivity index (χ3n) is 5.48. The number of likely N-dealkylation sites (tertiary alicyclic amines) is 1. The van der Waals surface area contributed by atoms with Crippen molar-refractivity contribution in [2.24, 2.45) is 0 Å².